The fourth-order valence-electron chi connectivity index (χ4n) is 2.18. The lowest BCUT2D eigenvalue weighted by Crippen LogP contribution is -2.22. The van der Waals surface area contributed by atoms with Crippen molar-refractivity contribution in [1.82, 2.24) is 5.32 Å². The molecule has 108 valence electrons. The number of benzene rings is 1. The Morgan fingerprint density at radius 2 is 2.10 bits per heavy atom. The van der Waals surface area contributed by atoms with E-state index in [4.69, 9.17) is 0 Å². The lowest BCUT2D eigenvalue weighted by atomic mass is 10.1. The summed E-state index contributed by atoms with van der Waals surface area (Å²) in [6.45, 7) is 5.40. The zero-order chi connectivity index (χ0) is 14.5. The molecule has 1 nitrogen and oxygen atoms in total. The van der Waals surface area contributed by atoms with Crippen LogP contribution in [-0.4, -0.2) is 12.8 Å². The fraction of sp³-hybridized carbons (Fsp3) is 0.375. The number of hydrogen-bond donors (Lipinski definition) is 1. The molecule has 2 rings (SSSR count). The summed E-state index contributed by atoms with van der Waals surface area (Å²) in [5.74, 6) is 0. The molecule has 1 unspecified atom stereocenters. The Bertz CT molecular complexity index is 546. The van der Waals surface area contributed by atoms with Crippen molar-refractivity contribution in [3.05, 3.63) is 50.1 Å². The standard InChI is InChI=1S/C16H20BrNS2/c1-4-9-18-16(15-10-13(17)11(2)20-15)12-7-5-6-8-14(12)19-3/h5-8,10,16,18H,4,9H2,1-3H3. The Balaban J connectivity index is 2.41. The second-order valence-corrected chi connectivity index (χ2v) is 7.67. The summed E-state index contributed by atoms with van der Waals surface area (Å²) in [6, 6.07) is 11.2. The number of aryl methyl sites for hydroxylation is 1. The van der Waals surface area contributed by atoms with Gasteiger partial charge in [-0.3, -0.25) is 0 Å². The molecule has 1 heterocycles. The Labute approximate surface area is 138 Å². The van der Waals surface area contributed by atoms with Crippen molar-refractivity contribution in [2.45, 2.75) is 31.2 Å². The highest BCUT2D eigenvalue weighted by atomic mass is 79.9. The molecule has 0 aliphatic rings. The molecule has 0 radical (unpaired) electrons. The van der Waals surface area contributed by atoms with Crippen molar-refractivity contribution in [3.8, 4) is 0 Å². The van der Waals surface area contributed by atoms with E-state index in [9.17, 15) is 0 Å². The summed E-state index contributed by atoms with van der Waals surface area (Å²) in [5.41, 5.74) is 1.38. The van der Waals surface area contributed by atoms with Gasteiger partial charge in [-0.15, -0.1) is 23.1 Å². The van der Waals surface area contributed by atoms with Gasteiger partial charge >= 0.3 is 0 Å². The van der Waals surface area contributed by atoms with Gasteiger partial charge in [-0.2, -0.15) is 0 Å². The molecule has 2 aromatic rings. The number of hydrogen-bond acceptors (Lipinski definition) is 3. The van der Waals surface area contributed by atoms with Gasteiger partial charge in [-0.05, 0) is 59.8 Å². The highest BCUT2D eigenvalue weighted by Gasteiger charge is 2.19. The molecular formula is C16H20BrNS2. The third kappa shape index (κ3) is 3.67. The van der Waals surface area contributed by atoms with E-state index < -0.39 is 0 Å². The summed E-state index contributed by atoms with van der Waals surface area (Å²) in [4.78, 5) is 4.07. The predicted molar refractivity (Wildman–Crippen MR) is 95.1 cm³/mol. The third-order valence-electron chi connectivity index (χ3n) is 3.21. The summed E-state index contributed by atoms with van der Waals surface area (Å²) in [6.07, 6.45) is 3.29. The van der Waals surface area contributed by atoms with E-state index in [2.05, 4.69) is 71.7 Å². The summed E-state index contributed by atoms with van der Waals surface area (Å²) < 4.78 is 1.21. The van der Waals surface area contributed by atoms with E-state index in [1.54, 1.807) is 0 Å². The van der Waals surface area contributed by atoms with Gasteiger partial charge in [0.2, 0.25) is 0 Å². The van der Waals surface area contributed by atoms with Crippen LogP contribution in [0.3, 0.4) is 0 Å². The largest absolute Gasteiger partial charge is 0.306 e. The van der Waals surface area contributed by atoms with Crippen molar-refractivity contribution >= 4 is 39.0 Å². The van der Waals surface area contributed by atoms with Gasteiger partial charge in [0.1, 0.15) is 0 Å². The highest BCUT2D eigenvalue weighted by molar-refractivity contribution is 9.10. The van der Waals surface area contributed by atoms with Gasteiger partial charge in [0.25, 0.3) is 0 Å². The molecule has 0 amide bonds. The number of halogens is 1. The van der Waals surface area contributed by atoms with Crippen LogP contribution in [-0.2, 0) is 0 Å². The maximum Gasteiger partial charge on any atom is 0.0682 e. The molecule has 0 saturated carbocycles. The molecule has 20 heavy (non-hydrogen) atoms. The predicted octanol–water partition coefficient (Wildman–Crippen LogP) is 5.63. The molecule has 0 aliphatic heterocycles. The van der Waals surface area contributed by atoms with E-state index in [1.807, 2.05) is 23.1 Å². The second kappa shape index (κ2) is 7.64. The average molecular weight is 370 g/mol. The lowest BCUT2D eigenvalue weighted by molar-refractivity contribution is 0.599. The smallest absolute Gasteiger partial charge is 0.0682 e. The van der Waals surface area contributed by atoms with Crippen molar-refractivity contribution < 1.29 is 0 Å². The molecule has 0 spiro atoms. The van der Waals surface area contributed by atoms with Crippen LogP contribution in [0.4, 0.5) is 0 Å². The summed E-state index contributed by atoms with van der Waals surface area (Å²) in [7, 11) is 0. The van der Waals surface area contributed by atoms with Gasteiger partial charge < -0.3 is 5.32 Å². The number of thioether (sulfide) groups is 1. The molecule has 1 N–H and O–H groups in total. The fourth-order valence-corrected chi connectivity index (χ4v) is 4.47. The van der Waals surface area contributed by atoms with Crippen LogP contribution >= 0.6 is 39.0 Å². The van der Waals surface area contributed by atoms with Gasteiger partial charge in [0.15, 0.2) is 0 Å². The first kappa shape index (κ1) is 16.1. The quantitative estimate of drug-likeness (QED) is 0.662. The van der Waals surface area contributed by atoms with Crippen LogP contribution in [0.1, 0.15) is 34.7 Å². The Morgan fingerprint density at radius 3 is 2.70 bits per heavy atom. The average Bonchev–Trinajstić information content (AvgIpc) is 2.79. The van der Waals surface area contributed by atoms with Crippen molar-refractivity contribution in [1.29, 1.82) is 0 Å². The zero-order valence-electron chi connectivity index (χ0n) is 12.1. The summed E-state index contributed by atoms with van der Waals surface area (Å²) in [5, 5.41) is 3.69. The molecule has 1 aromatic heterocycles. The Morgan fingerprint density at radius 1 is 1.35 bits per heavy atom. The lowest BCUT2D eigenvalue weighted by Gasteiger charge is -2.20. The number of rotatable bonds is 6. The highest BCUT2D eigenvalue weighted by Crippen LogP contribution is 2.36. The summed E-state index contributed by atoms with van der Waals surface area (Å²) >= 11 is 7.32. The second-order valence-electron chi connectivity index (χ2n) is 4.68. The first-order valence-corrected chi connectivity index (χ1v) is 9.63. The van der Waals surface area contributed by atoms with E-state index in [-0.39, 0.29) is 6.04 Å². The maximum absolute atomic E-state index is 3.69. The van der Waals surface area contributed by atoms with Gasteiger partial charge in [-0.25, -0.2) is 0 Å². The zero-order valence-corrected chi connectivity index (χ0v) is 15.3. The SMILES string of the molecule is CCCNC(c1cc(Br)c(C)s1)c1ccccc1SC. The van der Waals surface area contributed by atoms with Gasteiger partial charge in [-0.1, -0.05) is 25.1 Å². The normalized spacial score (nSPS) is 12.6. The van der Waals surface area contributed by atoms with Crippen molar-refractivity contribution in [2.24, 2.45) is 0 Å². The van der Waals surface area contributed by atoms with E-state index in [1.165, 1.54) is 24.7 Å². The molecule has 0 saturated heterocycles. The first-order valence-electron chi connectivity index (χ1n) is 6.79. The first-order chi connectivity index (χ1) is 9.67. The van der Waals surface area contributed by atoms with Crippen LogP contribution in [0, 0.1) is 6.92 Å². The van der Waals surface area contributed by atoms with Crippen LogP contribution in [0.5, 0.6) is 0 Å². The van der Waals surface area contributed by atoms with Gasteiger partial charge in [0.05, 0.1) is 6.04 Å². The van der Waals surface area contributed by atoms with E-state index in [0.717, 1.165) is 13.0 Å². The van der Waals surface area contributed by atoms with Crippen molar-refractivity contribution in [3.63, 3.8) is 0 Å². The van der Waals surface area contributed by atoms with Crippen LogP contribution in [0.25, 0.3) is 0 Å². The van der Waals surface area contributed by atoms with Gasteiger partial charge in [0, 0.05) is 19.1 Å². The van der Waals surface area contributed by atoms with Crippen molar-refractivity contribution in [2.75, 3.05) is 12.8 Å². The molecule has 0 bridgehead atoms. The van der Waals surface area contributed by atoms with Crippen LogP contribution in [0.2, 0.25) is 0 Å². The van der Waals surface area contributed by atoms with Crippen LogP contribution < -0.4 is 5.32 Å². The minimum absolute atomic E-state index is 0.286. The molecule has 1 aromatic carbocycles. The number of thiophene rings is 1. The molecule has 0 aliphatic carbocycles. The molecule has 1 atom stereocenters. The van der Waals surface area contributed by atoms with Crippen LogP contribution in [0.15, 0.2) is 39.7 Å². The molecule has 0 fully saturated rings. The Kier molecular flexibility index (Phi) is 6.15. The Hall–Kier alpha value is -0.290. The maximum atomic E-state index is 3.69. The molecule has 4 heteroatoms. The van der Waals surface area contributed by atoms with E-state index >= 15 is 0 Å². The monoisotopic (exact) mass is 369 g/mol. The minimum Gasteiger partial charge on any atom is -0.306 e. The topological polar surface area (TPSA) is 12.0 Å². The number of nitrogens with one attached hydrogen (secondary N) is 1. The van der Waals surface area contributed by atoms with E-state index in [0.29, 0.717) is 0 Å². The minimum atomic E-state index is 0.286. The molecular weight excluding hydrogens is 350 g/mol. The third-order valence-corrected chi connectivity index (χ3v) is 6.22.